The summed E-state index contributed by atoms with van der Waals surface area (Å²) in [5.41, 5.74) is 6.93. The van der Waals surface area contributed by atoms with Crippen molar-refractivity contribution in [3.63, 3.8) is 0 Å². The van der Waals surface area contributed by atoms with Gasteiger partial charge in [0.05, 0.1) is 30.2 Å². The molecule has 0 aromatic heterocycles. The third-order valence-corrected chi connectivity index (χ3v) is 4.43. The summed E-state index contributed by atoms with van der Waals surface area (Å²) < 4.78 is 47.5. The third-order valence-electron chi connectivity index (χ3n) is 4.43. The highest BCUT2D eigenvalue weighted by Gasteiger charge is 2.20. The highest BCUT2D eigenvalue weighted by molar-refractivity contribution is 6.00. The highest BCUT2D eigenvalue weighted by atomic mass is 19.2. The number of carbonyl (C=O) groups excluding carboxylic acids is 2. The van der Waals surface area contributed by atoms with Gasteiger partial charge in [-0.1, -0.05) is 26.3 Å². The molecule has 0 aliphatic rings. The molecule has 0 heterocycles. The first-order valence-electron chi connectivity index (χ1n) is 11.1. The van der Waals surface area contributed by atoms with Crippen LogP contribution in [0.1, 0.15) is 55.5 Å². The lowest BCUT2D eigenvalue weighted by atomic mass is 10.1. The molecule has 0 atom stereocenters. The van der Waals surface area contributed by atoms with E-state index in [4.69, 9.17) is 15.3 Å². The van der Waals surface area contributed by atoms with Gasteiger partial charge in [0.1, 0.15) is 5.82 Å². The van der Waals surface area contributed by atoms with E-state index in [0.29, 0.717) is 25.0 Å². The van der Waals surface area contributed by atoms with E-state index in [-0.39, 0.29) is 30.4 Å². The predicted molar refractivity (Wildman–Crippen MR) is 124 cm³/mol. The molecular weight excluding hydrogens is 451 g/mol. The molecule has 0 radical (unpaired) electrons. The van der Waals surface area contributed by atoms with Crippen molar-refractivity contribution in [1.29, 1.82) is 0 Å². The summed E-state index contributed by atoms with van der Waals surface area (Å²) in [7, 11) is 0. The minimum atomic E-state index is -1.32. The number of primary amides is 1. The smallest absolute Gasteiger partial charge is 0.277 e. The molecule has 0 saturated carbocycles. The summed E-state index contributed by atoms with van der Waals surface area (Å²) in [4.78, 5) is 28.0. The van der Waals surface area contributed by atoms with Gasteiger partial charge in [0.2, 0.25) is 5.91 Å². The van der Waals surface area contributed by atoms with Crippen LogP contribution in [0.25, 0.3) is 0 Å². The molecule has 0 bridgehead atoms. The number of carbonyl (C=O) groups is 2. The van der Waals surface area contributed by atoms with Gasteiger partial charge in [-0.25, -0.2) is 18.7 Å². The average Bonchev–Trinajstić information content (AvgIpc) is 2.80. The van der Waals surface area contributed by atoms with Gasteiger partial charge in [-0.2, -0.15) is 0 Å². The number of amides is 2. The summed E-state index contributed by atoms with van der Waals surface area (Å²) in [6.45, 7) is 6.34. The average molecular weight is 484 g/mol. The molecule has 7 nitrogen and oxygen atoms in total. The molecule has 0 saturated heterocycles. The zero-order valence-electron chi connectivity index (χ0n) is 19.7. The Morgan fingerprint density at radius 3 is 2.35 bits per heavy atom. The van der Waals surface area contributed by atoms with Crippen LogP contribution in [0.2, 0.25) is 0 Å². The van der Waals surface area contributed by atoms with Gasteiger partial charge in [-0.3, -0.25) is 14.4 Å². The molecule has 2 amide bonds. The Hall–Kier alpha value is -3.11. The van der Waals surface area contributed by atoms with Crippen molar-refractivity contribution < 1.29 is 32.3 Å². The van der Waals surface area contributed by atoms with Gasteiger partial charge in [-0.15, -0.1) is 0 Å². The Kier molecular flexibility index (Phi) is 13.3. The largest absolute Gasteiger partial charge is 0.379 e. The standard InChI is InChI=1S/C22H26F3N3O4.C2H6/c1-14-6-9-18(17(24)13-14)27-21-15(7-8-16(23)20(21)25)22(30)28-32-12-11-31-10-4-2-3-5-19(26)29;1-2/h6-9,13,27H,2-5,10-12H2,1H3,(H2,26,29)(H,28,30);1-2H3. The minimum Gasteiger partial charge on any atom is -0.379 e. The second-order valence-electron chi connectivity index (χ2n) is 7.06. The number of ether oxygens (including phenoxy) is 1. The molecule has 188 valence electrons. The fourth-order valence-electron chi connectivity index (χ4n) is 2.77. The van der Waals surface area contributed by atoms with Gasteiger partial charge < -0.3 is 15.8 Å². The van der Waals surface area contributed by atoms with Gasteiger partial charge >= 0.3 is 0 Å². The Balaban J connectivity index is 0.00000281. The Morgan fingerprint density at radius 2 is 1.68 bits per heavy atom. The fraction of sp³-hybridized carbons (Fsp3) is 0.417. The van der Waals surface area contributed by atoms with Crippen molar-refractivity contribution in [2.45, 2.75) is 46.5 Å². The zero-order valence-corrected chi connectivity index (χ0v) is 19.7. The normalized spacial score (nSPS) is 10.3. The summed E-state index contributed by atoms with van der Waals surface area (Å²) in [6, 6.07) is 6.03. The number of rotatable bonds is 13. The monoisotopic (exact) mass is 483 g/mol. The van der Waals surface area contributed by atoms with Crippen LogP contribution < -0.4 is 16.5 Å². The van der Waals surface area contributed by atoms with E-state index in [1.807, 2.05) is 13.8 Å². The third kappa shape index (κ3) is 9.80. The second-order valence-corrected chi connectivity index (χ2v) is 7.06. The van der Waals surface area contributed by atoms with Crippen LogP contribution in [-0.2, 0) is 14.4 Å². The van der Waals surface area contributed by atoms with Crippen LogP contribution in [0, 0.1) is 24.4 Å². The number of hydrogen-bond donors (Lipinski definition) is 3. The number of benzene rings is 2. The molecular formula is C24H32F3N3O4. The van der Waals surface area contributed by atoms with E-state index >= 15 is 0 Å². The predicted octanol–water partition coefficient (Wildman–Crippen LogP) is 4.91. The number of aryl methyl sites for hydroxylation is 1. The number of anilines is 2. The van der Waals surface area contributed by atoms with Crippen molar-refractivity contribution in [2.24, 2.45) is 5.73 Å². The van der Waals surface area contributed by atoms with Crippen molar-refractivity contribution in [2.75, 3.05) is 25.1 Å². The molecule has 2 aromatic rings. The number of hydrogen-bond acceptors (Lipinski definition) is 5. The van der Waals surface area contributed by atoms with Crippen molar-refractivity contribution >= 4 is 23.2 Å². The Morgan fingerprint density at radius 1 is 0.941 bits per heavy atom. The lowest BCUT2D eigenvalue weighted by molar-refractivity contribution is -0.118. The quantitative estimate of drug-likeness (QED) is 0.278. The van der Waals surface area contributed by atoms with E-state index in [1.54, 1.807) is 13.0 Å². The maximum Gasteiger partial charge on any atom is 0.277 e. The van der Waals surface area contributed by atoms with E-state index < -0.39 is 29.0 Å². The number of halogens is 3. The summed E-state index contributed by atoms with van der Waals surface area (Å²) in [5, 5.41) is 2.44. The number of unbranched alkanes of at least 4 members (excludes halogenated alkanes) is 2. The number of hydroxylamine groups is 1. The molecule has 0 unspecified atom stereocenters. The molecule has 0 spiro atoms. The maximum absolute atomic E-state index is 14.4. The van der Waals surface area contributed by atoms with Crippen molar-refractivity contribution in [1.82, 2.24) is 5.48 Å². The topological polar surface area (TPSA) is 103 Å². The second kappa shape index (κ2) is 15.7. The van der Waals surface area contributed by atoms with Crippen LogP contribution in [0.4, 0.5) is 24.5 Å². The lowest BCUT2D eigenvalue weighted by Gasteiger charge is -2.14. The Labute approximate surface area is 197 Å². The van der Waals surface area contributed by atoms with Crippen LogP contribution in [0.3, 0.4) is 0 Å². The van der Waals surface area contributed by atoms with Gasteiger partial charge in [0.15, 0.2) is 11.6 Å². The molecule has 2 aromatic carbocycles. The first kappa shape index (κ1) is 28.9. The maximum atomic E-state index is 14.4. The molecule has 4 N–H and O–H groups in total. The van der Waals surface area contributed by atoms with Gasteiger partial charge in [0.25, 0.3) is 5.91 Å². The van der Waals surface area contributed by atoms with Gasteiger partial charge in [-0.05, 0) is 49.6 Å². The molecule has 0 aliphatic carbocycles. The number of nitrogens with two attached hydrogens (primary N) is 1. The van der Waals surface area contributed by atoms with Crippen LogP contribution in [0.5, 0.6) is 0 Å². The summed E-state index contributed by atoms with van der Waals surface area (Å²) in [6.07, 6.45) is 2.59. The van der Waals surface area contributed by atoms with Crippen molar-refractivity contribution in [3.8, 4) is 0 Å². The molecule has 10 heteroatoms. The summed E-state index contributed by atoms with van der Waals surface area (Å²) >= 11 is 0. The zero-order chi connectivity index (χ0) is 25.5. The molecule has 34 heavy (non-hydrogen) atoms. The lowest BCUT2D eigenvalue weighted by Crippen LogP contribution is -2.26. The van der Waals surface area contributed by atoms with E-state index in [2.05, 4.69) is 10.8 Å². The molecule has 2 rings (SSSR count). The van der Waals surface area contributed by atoms with Crippen molar-refractivity contribution in [3.05, 3.63) is 58.9 Å². The van der Waals surface area contributed by atoms with E-state index in [0.717, 1.165) is 25.0 Å². The first-order chi connectivity index (χ1) is 16.3. The van der Waals surface area contributed by atoms with Crippen LogP contribution >= 0.6 is 0 Å². The minimum absolute atomic E-state index is 0.0199. The summed E-state index contributed by atoms with van der Waals surface area (Å²) in [5.74, 6) is -4.37. The van der Waals surface area contributed by atoms with Gasteiger partial charge in [0, 0.05) is 13.0 Å². The van der Waals surface area contributed by atoms with Crippen LogP contribution in [0.15, 0.2) is 30.3 Å². The fourth-order valence-corrected chi connectivity index (χ4v) is 2.77. The number of nitrogens with one attached hydrogen (secondary N) is 2. The van der Waals surface area contributed by atoms with Crippen LogP contribution in [-0.4, -0.2) is 31.6 Å². The highest BCUT2D eigenvalue weighted by Crippen LogP contribution is 2.28. The van der Waals surface area contributed by atoms with E-state index in [1.165, 1.54) is 12.1 Å². The SMILES string of the molecule is CC.Cc1ccc(Nc2c(C(=O)NOCCOCCCCCC(N)=O)ccc(F)c2F)c(F)c1. The molecule has 0 aliphatic heterocycles. The van der Waals surface area contributed by atoms with E-state index in [9.17, 15) is 22.8 Å². The first-order valence-corrected chi connectivity index (χ1v) is 11.1. The Bertz CT molecular complexity index is 942. The molecule has 0 fully saturated rings.